The minimum atomic E-state index is -0.504. The third-order valence-corrected chi connectivity index (χ3v) is 27.3. The maximum atomic E-state index is 6.98. The molecule has 12 aromatic rings. The predicted molar refractivity (Wildman–Crippen MR) is 576 cm³/mol. The minimum absolute atomic E-state index is 0.135. The van der Waals surface area contributed by atoms with Gasteiger partial charge in [-0.3, -0.25) is 0 Å². The van der Waals surface area contributed by atoms with Crippen molar-refractivity contribution in [1.29, 1.82) is 0 Å². The fourth-order valence-electron chi connectivity index (χ4n) is 19.1. The summed E-state index contributed by atoms with van der Waals surface area (Å²) in [7, 11) is 0. The van der Waals surface area contributed by atoms with Gasteiger partial charge in [0.15, 0.2) is 0 Å². The van der Waals surface area contributed by atoms with E-state index < -0.39 is 11.1 Å². The van der Waals surface area contributed by atoms with Gasteiger partial charge in [-0.15, -0.1) is 0 Å². The second kappa shape index (κ2) is 53.6. The smallest absolute Gasteiger partial charge is 0.129 e. The Labute approximate surface area is 836 Å². The molecule has 0 aliphatic carbocycles. The van der Waals surface area contributed by atoms with Crippen LogP contribution in [0, 0.1) is 10.8 Å². The Morgan fingerprint density at radius 3 is 0.821 bits per heavy atom. The summed E-state index contributed by atoms with van der Waals surface area (Å²) in [4.78, 5) is 9.58. The Morgan fingerprint density at radius 1 is 0.236 bits per heavy atom. The van der Waals surface area contributed by atoms with Crippen LogP contribution < -0.4 is 57.5 Å². The zero-order valence-electron chi connectivity index (χ0n) is 85.3. The Balaban J connectivity index is 0.722. The predicted octanol–water partition coefficient (Wildman–Crippen LogP) is 33.8. The van der Waals surface area contributed by atoms with Crippen molar-refractivity contribution >= 4 is 56.9 Å². The molecule has 2 saturated heterocycles. The van der Waals surface area contributed by atoms with Gasteiger partial charge < -0.3 is 76.4 Å². The SMILES string of the molecule is CCCCCCOc1cccc(N(c2ccc(-c3ccc(C(CC)(CC)N(c4ccc(Oc5cccc(N(c6cccc(OCCCCCC)c6)c6cccc(OCCCCOCC7(C)COC7)c6)c5)cc4)c4cccc(OCCCCCC)c4)cc3)cc2)c2cccc(Oc3ccc(N(c4cccc(OCCCCCC)c4)C(CC)(CC)c4cccc(OCCCCOCC5(C)COC5)c4)cc3)c2)c1. The zero-order chi connectivity index (χ0) is 97.5. The first kappa shape index (κ1) is 104. The molecule has 0 amide bonds. The Morgan fingerprint density at radius 2 is 0.500 bits per heavy atom. The van der Waals surface area contributed by atoms with E-state index in [1.807, 2.05) is 24.3 Å². The van der Waals surface area contributed by atoms with Crippen molar-refractivity contribution in [1.82, 2.24) is 0 Å². The van der Waals surface area contributed by atoms with Crippen LogP contribution in [-0.2, 0) is 30.0 Å². The van der Waals surface area contributed by atoms with Crippen LogP contribution in [0.1, 0.15) is 234 Å². The van der Waals surface area contributed by atoms with Gasteiger partial charge >= 0.3 is 0 Å². The van der Waals surface area contributed by atoms with E-state index in [0.717, 1.165) is 251 Å². The molecule has 0 aromatic heterocycles. The quantitative estimate of drug-likeness (QED) is 0.0336. The third-order valence-electron chi connectivity index (χ3n) is 27.3. The molecule has 0 radical (unpaired) electrons. The number of benzene rings is 12. The van der Waals surface area contributed by atoms with Crippen molar-refractivity contribution in [2.75, 3.05) is 112 Å². The van der Waals surface area contributed by atoms with E-state index in [0.29, 0.717) is 70.1 Å². The van der Waals surface area contributed by atoms with Crippen molar-refractivity contribution in [3.8, 4) is 68.6 Å². The number of anilines is 10. The van der Waals surface area contributed by atoms with Crippen LogP contribution in [0.15, 0.2) is 291 Å². The lowest BCUT2D eigenvalue weighted by molar-refractivity contribution is -0.138. The van der Waals surface area contributed by atoms with Crippen LogP contribution in [0.4, 0.5) is 56.9 Å². The molecule has 742 valence electrons. The van der Waals surface area contributed by atoms with Crippen molar-refractivity contribution in [2.24, 2.45) is 10.8 Å². The van der Waals surface area contributed by atoms with E-state index in [1.54, 1.807) is 0 Å². The van der Waals surface area contributed by atoms with E-state index in [4.69, 9.17) is 56.8 Å². The summed E-state index contributed by atoms with van der Waals surface area (Å²) in [5, 5.41) is 0. The van der Waals surface area contributed by atoms with Crippen molar-refractivity contribution in [3.63, 3.8) is 0 Å². The highest BCUT2D eigenvalue weighted by Gasteiger charge is 2.41. The van der Waals surface area contributed by atoms with E-state index in [1.165, 1.54) is 62.5 Å². The van der Waals surface area contributed by atoms with Crippen LogP contribution in [0.25, 0.3) is 11.1 Å². The molecule has 16 nitrogen and oxygen atoms in total. The summed E-state index contributed by atoms with van der Waals surface area (Å²) in [5.74, 6) is 7.86. The zero-order valence-corrected chi connectivity index (χ0v) is 85.3. The molecular weight excluding hydrogens is 1740 g/mol. The fraction of sp³-hybridized carbons (Fsp3) is 0.419. The van der Waals surface area contributed by atoms with Gasteiger partial charge in [-0.05, 0) is 257 Å². The first-order valence-corrected chi connectivity index (χ1v) is 52.6. The second-order valence-corrected chi connectivity index (χ2v) is 38.6. The molecular formula is C124H154N4O12. The number of hydrogen-bond donors (Lipinski definition) is 0. The summed E-state index contributed by atoms with van der Waals surface area (Å²) < 4.78 is 76.0. The largest absolute Gasteiger partial charge is 0.494 e. The molecule has 16 heteroatoms. The van der Waals surface area contributed by atoms with Crippen molar-refractivity contribution in [2.45, 2.75) is 234 Å². The Bertz CT molecular complexity index is 5650. The fourth-order valence-corrected chi connectivity index (χ4v) is 19.1. The molecule has 2 heterocycles. The molecule has 0 N–H and O–H groups in total. The summed E-state index contributed by atoms with van der Waals surface area (Å²) in [6.45, 7) is 32.4. The molecule has 2 fully saturated rings. The van der Waals surface area contributed by atoms with Gasteiger partial charge in [0.1, 0.15) is 57.5 Å². The van der Waals surface area contributed by atoms with Gasteiger partial charge in [0.05, 0.1) is 90.4 Å². The highest BCUT2D eigenvalue weighted by molar-refractivity contribution is 5.82. The average Bonchev–Trinajstić information content (AvgIpc) is 0.757. The summed E-state index contributed by atoms with van der Waals surface area (Å²) in [6.07, 6.45) is 24.9. The van der Waals surface area contributed by atoms with Crippen LogP contribution in [-0.4, -0.2) is 92.5 Å². The van der Waals surface area contributed by atoms with Crippen molar-refractivity contribution in [3.05, 3.63) is 302 Å². The third kappa shape index (κ3) is 28.7. The maximum Gasteiger partial charge on any atom is 0.129 e. The summed E-state index contributed by atoms with van der Waals surface area (Å²) >= 11 is 0. The van der Waals surface area contributed by atoms with Crippen LogP contribution >= 0.6 is 0 Å². The first-order valence-electron chi connectivity index (χ1n) is 52.6. The average molecular weight is 1890 g/mol. The van der Waals surface area contributed by atoms with Crippen LogP contribution in [0.3, 0.4) is 0 Å². The van der Waals surface area contributed by atoms with Gasteiger partial charge in [-0.1, -0.05) is 237 Å². The number of nitrogens with zero attached hydrogens (tertiary/aromatic N) is 4. The van der Waals surface area contributed by atoms with Crippen LogP contribution in [0.2, 0.25) is 0 Å². The number of ether oxygens (including phenoxy) is 12. The molecule has 0 saturated carbocycles. The van der Waals surface area contributed by atoms with Gasteiger partial charge in [0.25, 0.3) is 0 Å². The second-order valence-electron chi connectivity index (χ2n) is 38.6. The number of rotatable bonds is 63. The Kier molecular flexibility index (Phi) is 39.8. The molecule has 14 rings (SSSR count). The standard InChI is InChI=1S/C124H154N4O12/c1-11-19-23-27-77-134-114-52-36-44-104(84-114)125(107-47-39-57-119(87-107)139-112-73-69-103(70-74-112)128(110-50-42-56-118(90-110)137-80-30-26-22-14-4)124(17-7,18-8)100-43-35-51-113(83-100)133-81-33-31-75-129-91-121(9)93-131-94-121)101-65-61-98(62-66-101)97-59-63-99(64-60-97)123(15-5,16-6)127(109-49-41-55-117(89-109)136-79-29-25-21-13-3)102-67-71-111(72-68-102)140-120-58-40-48-108(88-120)126(105-45-37-53-115(85-105)135-78-28-24-20-12-2)106-46-38-54-116(86-106)138-82-34-32-76-130-92-122(10)95-132-96-122/h35-74,83-90H,11-34,75-82,91-96H2,1-10H3. The molecule has 0 spiro atoms. The van der Waals surface area contributed by atoms with Gasteiger partial charge in [-0.2, -0.15) is 0 Å². The molecule has 0 atom stereocenters. The highest BCUT2D eigenvalue weighted by Crippen LogP contribution is 2.51. The topological polar surface area (TPSA) is 124 Å². The minimum Gasteiger partial charge on any atom is -0.494 e. The van der Waals surface area contributed by atoms with E-state index in [9.17, 15) is 0 Å². The molecule has 0 unspecified atom stereocenters. The highest BCUT2D eigenvalue weighted by atomic mass is 16.5. The van der Waals surface area contributed by atoms with Gasteiger partial charge in [0, 0.05) is 123 Å². The Hall–Kier alpha value is -11.9. The van der Waals surface area contributed by atoms with E-state index >= 15 is 0 Å². The molecule has 0 bridgehead atoms. The monoisotopic (exact) mass is 1890 g/mol. The number of hydrogen-bond acceptors (Lipinski definition) is 16. The lowest BCUT2D eigenvalue weighted by atomic mass is 9.81. The number of unbranched alkanes of at least 4 members (excludes halogenated alkanes) is 14. The van der Waals surface area contributed by atoms with E-state index in [-0.39, 0.29) is 10.8 Å². The molecule has 2 aliphatic heterocycles. The maximum absolute atomic E-state index is 6.98. The van der Waals surface area contributed by atoms with Crippen LogP contribution in [0.5, 0.6) is 57.5 Å². The lowest BCUT2D eigenvalue weighted by Crippen LogP contribution is -2.43. The lowest BCUT2D eigenvalue weighted by Gasteiger charge is -2.45. The van der Waals surface area contributed by atoms with Gasteiger partial charge in [0.2, 0.25) is 0 Å². The molecule has 12 aromatic carbocycles. The van der Waals surface area contributed by atoms with Gasteiger partial charge in [-0.25, -0.2) is 0 Å². The normalized spacial score (nSPS) is 13.2. The first-order chi connectivity index (χ1) is 68.7. The summed E-state index contributed by atoms with van der Waals surface area (Å²) in [6, 6.07) is 103. The van der Waals surface area contributed by atoms with E-state index in [2.05, 4.69) is 356 Å². The molecule has 140 heavy (non-hydrogen) atoms. The van der Waals surface area contributed by atoms with Crippen molar-refractivity contribution < 1.29 is 56.8 Å². The molecule has 2 aliphatic rings. The summed E-state index contributed by atoms with van der Waals surface area (Å²) in [5.41, 5.74) is 13.8.